The Morgan fingerprint density at radius 2 is 1.94 bits per heavy atom. The van der Waals surface area contributed by atoms with Crippen molar-refractivity contribution in [2.45, 2.75) is 18.9 Å². The van der Waals surface area contributed by atoms with Crippen LogP contribution in [0.1, 0.15) is 24.1 Å². The quantitative estimate of drug-likeness (QED) is 0.576. The fraction of sp³-hybridized carbons (Fsp3) is 0.455. The first kappa shape index (κ1) is 11.8. The molecule has 0 radical (unpaired) electrons. The van der Waals surface area contributed by atoms with E-state index in [9.17, 15) is 0 Å². The van der Waals surface area contributed by atoms with Gasteiger partial charge in [0.25, 0.3) is 0 Å². The summed E-state index contributed by atoms with van der Waals surface area (Å²) in [5.41, 5.74) is 2.81. The molecule has 0 bridgehead atoms. The van der Waals surface area contributed by atoms with Gasteiger partial charge >= 0.3 is 0 Å². The Morgan fingerprint density at radius 1 is 1.24 bits per heavy atom. The molecule has 0 aliphatic heterocycles. The van der Waals surface area contributed by atoms with Crippen molar-refractivity contribution in [1.29, 1.82) is 0 Å². The van der Waals surface area contributed by atoms with Gasteiger partial charge in [0.1, 0.15) is 11.6 Å². The zero-order valence-corrected chi connectivity index (χ0v) is 10.2. The zero-order valence-electron chi connectivity index (χ0n) is 10.2. The SMILES string of the molecule is Cn1ccnc1CCC(NN)c1nccn1C. The van der Waals surface area contributed by atoms with Crippen molar-refractivity contribution < 1.29 is 0 Å². The molecule has 0 aromatic carbocycles. The molecular weight excluding hydrogens is 216 g/mol. The number of hydrogen-bond acceptors (Lipinski definition) is 4. The largest absolute Gasteiger partial charge is 0.338 e. The zero-order chi connectivity index (χ0) is 12.3. The van der Waals surface area contributed by atoms with E-state index in [2.05, 4.69) is 15.4 Å². The highest BCUT2D eigenvalue weighted by molar-refractivity contribution is 5.00. The fourth-order valence-electron chi connectivity index (χ4n) is 1.91. The number of nitrogens with zero attached hydrogens (tertiary/aromatic N) is 4. The van der Waals surface area contributed by atoms with Crippen LogP contribution in [-0.4, -0.2) is 19.1 Å². The van der Waals surface area contributed by atoms with Gasteiger partial charge < -0.3 is 9.13 Å². The van der Waals surface area contributed by atoms with E-state index in [0.717, 1.165) is 24.5 Å². The summed E-state index contributed by atoms with van der Waals surface area (Å²) in [6, 6.07) is 0.0479. The average molecular weight is 234 g/mol. The summed E-state index contributed by atoms with van der Waals surface area (Å²) >= 11 is 0. The molecule has 1 unspecified atom stereocenters. The number of imidazole rings is 2. The van der Waals surface area contributed by atoms with Crippen LogP contribution in [0.25, 0.3) is 0 Å². The molecule has 2 aromatic rings. The number of hydrogen-bond donors (Lipinski definition) is 2. The Morgan fingerprint density at radius 3 is 2.47 bits per heavy atom. The molecule has 0 aliphatic carbocycles. The molecule has 0 saturated carbocycles. The van der Waals surface area contributed by atoms with Gasteiger partial charge in [0.05, 0.1) is 6.04 Å². The molecule has 1 atom stereocenters. The van der Waals surface area contributed by atoms with Gasteiger partial charge in [-0.3, -0.25) is 5.84 Å². The molecule has 92 valence electrons. The van der Waals surface area contributed by atoms with E-state index in [4.69, 9.17) is 5.84 Å². The number of rotatable bonds is 5. The van der Waals surface area contributed by atoms with Crippen LogP contribution in [0.15, 0.2) is 24.8 Å². The van der Waals surface area contributed by atoms with Crippen LogP contribution in [0, 0.1) is 0 Å². The van der Waals surface area contributed by atoms with Crippen LogP contribution in [0.2, 0.25) is 0 Å². The Bertz CT molecular complexity index is 472. The van der Waals surface area contributed by atoms with Gasteiger partial charge in [-0.05, 0) is 6.42 Å². The van der Waals surface area contributed by atoms with Gasteiger partial charge in [-0.1, -0.05) is 0 Å². The lowest BCUT2D eigenvalue weighted by molar-refractivity contribution is 0.471. The van der Waals surface area contributed by atoms with Crippen LogP contribution in [0.5, 0.6) is 0 Å². The van der Waals surface area contributed by atoms with Crippen molar-refractivity contribution >= 4 is 0 Å². The van der Waals surface area contributed by atoms with Gasteiger partial charge in [-0.25, -0.2) is 15.4 Å². The summed E-state index contributed by atoms with van der Waals surface area (Å²) in [4.78, 5) is 8.60. The molecule has 3 N–H and O–H groups in total. The van der Waals surface area contributed by atoms with Crippen LogP contribution in [0.3, 0.4) is 0 Å². The molecule has 0 fully saturated rings. The third-order valence-electron chi connectivity index (χ3n) is 2.95. The monoisotopic (exact) mass is 234 g/mol. The molecule has 2 rings (SSSR count). The van der Waals surface area contributed by atoms with Crippen LogP contribution >= 0.6 is 0 Å². The van der Waals surface area contributed by atoms with Crippen molar-refractivity contribution in [2.75, 3.05) is 0 Å². The van der Waals surface area contributed by atoms with E-state index in [1.807, 2.05) is 35.6 Å². The summed E-state index contributed by atoms with van der Waals surface area (Å²) in [6.07, 6.45) is 9.18. The first-order valence-corrected chi connectivity index (χ1v) is 5.62. The molecule has 6 nitrogen and oxygen atoms in total. The van der Waals surface area contributed by atoms with Crippen molar-refractivity contribution in [1.82, 2.24) is 24.5 Å². The highest BCUT2D eigenvalue weighted by Gasteiger charge is 2.14. The first-order valence-electron chi connectivity index (χ1n) is 5.62. The lowest BCUT2D eigenvalue weighted by Gasteiger charge is -2.15. The average Bonchev–Trinajstić information content (AvgIpc) is 2.90. The minimum absolute atomic E-state index is 0.0479. The third-order valence-corrected chi connectivity index (χ3v) is 2.95. The number of aryl methyl sites for hydroxylation is 3. The van der Waals surface area contributed by atoms with Gasteiger partial charge in [0.15, 0.2) is 0 Å². The number of nitrogens with two attached hydrogens (primary N) is 1. The third kappa shape index (κ3) is 2.54. The van der Waals surface area contributed by atoms with Crippen LogP contribution < -0.4 is 11.3 Å². The lowest BCUT2D eigenvalue weighted by Crippen LogP contribution is -2.30. The van der Waals surface area contributed by atoms with Crippen LogP contribution in [0.4, 0.5) is 0 Å². The second-order valence-electron chi connectivity index (χ2n) is 4.11. The van der Waals surface area contributed by atoms with E-state index in [1.165, 1.54) is 0 Å². The van der Waals surface area contributed by atoms with E-state index in [1.54, 1.807) is 12.4 Å². The molecule has 0 saturated heterocycles. The Balaban J connectivity index is 2.02. The predicted octanol–water partition coefficient (Wildman–Crippen LogP) is 0.291. The fourth-order valence-corrected chi connectivity index (χ4v) is 1.91. The topological polar surface area (TPSA) is 73.7 Å². The van der Waals surface area contributed by atoms with Gasteiger partial charge in [0.2, 0.25) is 0 Å². The summed E-state index contributed by atoms with van der Waals surface area (Å²) in [7, 11) is 3.96. The molecule has 0 aliphatic rings. The van der Waals surface area contributed by atoms with E-state index in [0.29, 0.717) is 0 Å². The van der Waals surface area contributed by atoms with Gasteiger partial charge in [-0.2, -0.15) is 0 Å². The van der Waals surface area contributed by atoms with Crippen molar-refractivity contribution in [3.8, 4) is 0 Å². The highest BCUT2D eigenvalue weighted by Crippen LogP contribution is 2.15. The molecule has 2 heterocycles. The summed E-state index contributed by atoms with van der Waals surface area (Å²) in [5, 5.41) is 0. The van der Waals surface area contributed by atoms with E-state index in [-0.39, 0.29) is 6.04 Å². The Kier molecular flexibility index (Phi) is 3.55. The number of aromatic nitrogens is 4. The summed E-state index contributed by atoms with van der Waals surface area (Å²) < 4.78 is 3.99. The lowest BCUT2D eigenvalue weighted by atomic mass is 10.1. The Hall–Kier alpha value is -1.66. The predicted molar refractivity (Wildman–Crippen MR) is 64.8 cm³/mol. The Labute approximate surface area is 100 Å². The van der Waals surface area contributed by atoms with E-state index >= 15 is 0 Å². The summed E-state index contributed by atoms with van der Waals surface area (Å²) in [6.45, 7) is 0. The maximum Gasteiger partial charge on any atom is 0.126 e. The van der Waals surface area contributed by atoms with Crippen molar-refractivity contribution in [3.63, 3.8) is 0 Å². The van der Waals surface area contributed by atoms with Crippen molar-refractivity contribution in [3.05, 3.63) is 36.4 Å². The standard InChI is InChI=1S/C11H18N6/c1-16-7-5-13-10(16)4-3-9(15-12)11-14-6-8-17(11)2/h5-9,15H,3-4,12H2,1-2H3. The maximum atomic E-state index is 5.58. The summed E-state index contributed by atoms with van der Waals surface area (Å²) in [5.74, 6) is 7.58. The molecule has 6 heteroatoms. The number of hydrazine groups is 1. The molecule has 0 spiro atoms. The number of nitrogens with one attached hydrogen (secondary N) is 1. The van der Waals surface area contributed by atoms with Crippen LogP contribution in [-0.2, 0) is 20.5 Å². The minimum atomic E-state index is 0.0479. The smallest absolute Gasteiger partial charge is 0.126 e. The van der Waals surface area contributed by atoms with Gasteiger partial charge in [-0.15, -0.1) is 0 Å². The highest BCUT2D eigenvalue weighted by atomic mass is 15.3. The van der Waals surface area contributed by atoms with E-state index < -0.39 is 0 Å². The second kappa shape index (κ2) is 5.11. The molecule has 17 heavy (non-hydrogen) atoms. The minimum Gasteiger partial charge on any atom is -0.338 e. The van der Waals surface area contributed by atoms with Gasteiger partial charge in [0, 0.05) is 45.3 Å². The normalized spacial score (nSPS) is 12.9. The maximum absolute atomic E-state index is 5.58. The van der Waals surface area contributed by atoms with Crippen molar-refractivity contribution in [2.24, 2.45) is 19.9 Å². The second-order valence-corrected chi connectivity index (χ2v) is 4.11. The molecule has 2 aromatic heterocycles. The molecule has 0 amide bonds. The molecular formula is C11H18N6. The first-order chi connectivity index (χ1) is 8.22.